The number of anilines is 1. The number of pyridine rings is 1. The molecule has 8 nitrogen and oxygen atoms in total. The Morgan fingerprint density at radius 1 is 1.09 bits per heavy atom. The van der Waals surface area contributed by atoms with Crippen LogP contribution in [-0.2, 0) is 0 Å². The highest BCUT2D eigenvalue weighted by Gasteiger charge is 2.36. The average molecular weight is 455 g/mol. The number of aromatic nitrogens is 5. The van der Waals surface area contributed by atoms with Crippen LogP contribution in [0.25, 0.3) is 16.8 Å². The summed E-state index contributed by atoms with van der Waals surface area (Å²) in [6.07, 6.45) is 3.74. The predicted octanol–water partition coefficient (Wildman–Crippen LogP) is 4.29. The standard InChI is InChI=1S/C26H30N8/c1-5-21-15-32(18(4)14-33(21)22(6-2)19-9-7-17(3)8-10-19)25-24-23(12-11-20(13-27)29-24)34-16-28-31-26(34)30-25/h7-12,16,18,21-22H,5-6,14-15H2,1-4H3/t18-,21+,22?/m0/s1. The van der Waals surface area contributed by atoms with Crippen molar-refractivity contribution in [1.29, 1.82) is 5.26 Å². The number of fused-ring (bicyclic) bond motifs is 3. The molecule has 0 saturated carbocycles. The summed E-state index contributed by atoms with van der Waals surface area (Å²) in [6.45, 7) is 10.7. The minimum absolute atomic E-state index is 0.218. The molecule has 3 atom stereocenters. The van der Waals surface area contributed by atoms with Crippen molar-refractivity contribution in [2.24, 2.45) is 0 Å². The van der Waals surface area contributed by atoms with Crippen molar-refractivity contribution in [2.45, 2.75) is 58.7 Å². The van der Waals surface area contributed by atoms with Gasteiger partial charge in [0.1, 0.15) is 23.6 Å². The van der Waals surface area contributed by atoms with Gasteiger partial charge in [-0.05, 0) is 44.4 Å². The molecule has 3 aromatic heterocycles. The van der Waals surface area contributed by atoms with Crippen LogP contribution in [-0.4, -0.2) is 54.6 Å². The Hall–Kier alpha value is -3.57. The summed E-state index contributed by atoms with van der Waals surface area (Å²) in [4.78, 5) is 14.5. The number of nitriles is 1. The minimum Gasteiger partial charge on any atom is -0.349 e. The highest BCUT2D eigenvalue weighted by Crippen LogP contribution is 2.34. The molecule has 0 radical (unpaired) electrons. The molecule has 1 saturated heterocycles. The van der Waals surface area contributed by atoms with Crippen LogP contribution in [0.3, 0.4) is 0 Å². The molecule has 0 bridgehead atoms. The zero-order valence-corrected chi connectivity index (χ0v) is 20.2. The summed E-state index contributed by atoms with van der Waals surface area (Å²) in [5.74, 6) is 1.32. The maximum Gasteiger partial charge on any atom is 0.257 e. The first-order valence-electron chi connectivity index (χ1n) is 12.0. The largest absolute Gasteiger partial charge is 0.349 e. The van der Waals surface area contributed by atoms with Gasteiger partial charge in [0.25, 0.3) is 5.78 Å². The Morgan fingerprint density at radius 2 is 1.88 bits per heavy atom. The molecular formula is C26H30N8. The van der Waals surface area contributed by atoms with Gasteiger partial charge in [-0.2, -0.15) is 10.2 Å². The van der Waals surface area contributed by atoms with Gasteiger partial charge in [-0.3, -0.25) is 9.30 Å². The molecule has 4 aromatic rings. The van der Waals surface area contributed by atoms with E-state index in [2.05, 4.69) is 83.0 Å². The van der Waals surface area contributed by atoms with Gasteiger partial charge in [0, 0.05) is 31.2 Å². The van der Waals surface area contributed by atoms with Crippen LogP contribution < -0.4 is 4.90 Å². The number of nitrogens with zero attached hydrogens (tertiary/aromatic N) is 8. The lowest BCUT2D eigenvalue weighted by molar-refractivity contribution is 0.0940. The summed E-state index contributed by atoms with van der Waals surface area (Å²) in [7, 11) is 0. The number of aryl methyl sites for hydroxylation is 1. The summed E-state index contributed by atoms with van der Waals surface area (Å²) in [6, 6.07) is 15.7. The van der Waals surface area contributed by atoms with Crippen LogP contribution in [0.2, 0.25) is 0 Å². The van der Waals surface area contributed by atoms with Crippen LogP contribution in [0, 0.1) is 18.3 Å². The van der Waals surface area contributed by atoms with Crippen molar-refractivity contribution < 1.29 is 0 Å². The van der Waals surface area contributed by atoms with Crippen LogP contribution in [0.5, 0.6) is 0 Å². The Labute approximate surface area is 199 Å². The van der Waals surface area contributed by atoms with E-state index in [1.165, 1.54) is 11.1 Å². The first-order valence-corrected chi connectivity index (χ1v) is 12.0. The lowest BCUT2D eigenvalue weighted by atomic mass is 9.95. The maximum absolute atomic E-state index is 9.47. The van der Waals surface area contributed by atoms with Gasteiger partial charge < -0.3 is 4.90 Å². The van der Waals surface area contributed by atoms with Gasteiger partial charge in [0.05, 0.1) is 5.52 Å². The fourth-order valence-electron chi connectivity index (χ4n) is 5.25. The molecule has 1 fully saturated rings. The van der Waals surface area contributed by atoms with E-state index in [-0.39, 0.29) is 6.04 Å². The number of hydrogen-bond donors (Lipinski definition) is 0. The fraction of sp³-hybridized carbons (Fsp3) is 0.423. The fourth-order valence-corrected chi connectivity index (χ4v) is 5.25. The lowest BCUT2D eigenvalue weighted by Crippen LogP contribution is -2.58. The molecule has 1 aromatic carbocycles. The second-order valence-corrected chi connectivity index (χ2v) is 9.21. The number of rotatable bonds is 5. The minimum atomic E-state index is 0.218. The molecule has 5 rings (SSSR count). The van der Waals surface area contributed by atoms with Crippen molar-refractivity contribution in [3.05, 3.63) is 59.5 Å². The average Bonchev–Trinajstić information content (AvgIpc) is 3.34. The monoisotopic (exact) mass is 454 g/mol. The maximum atomic E-state index is 9.47. The Kier molecular flexibility index (Phi) is 5.88. The van der Waals surface area contributed by atoms with E-state index >= 15 is 0 Å². The quantitative estimate of drug-likeness (QED) is 0.444. The van der Waals surface area contributed by atoms with Crippen molar-refractivity contribution in [2.75, 3.05) is 18.0 Å². The van der Waals surface area contributed by atoms with E-state index in [4.69, 9.17) is 4.98 Å². The highest BCUT2D eigenvalue weighted by atomic mass is 15.4. The van der Waals surface area contributed by atoms with E-state index < -0.39 is 0 Å². The van der Waals surface area contributed by atoms with Crippen molar-refractivity contribution in [3.63, 3.8) is 0 Å². The van der Waals surface area contributed by atoms with Gasteiger partial charge in [-0.25, -0.2) is 4.98 Å². The van der Waals surface area contributed by atoms with Crippen molar-refractivity contribution in [3.8, 4) is 6.07 Å². The second-order valence-electron chi connectivity index (χ2n) is 9.21. The first-order chi connectivity index (χ1) is 16.5. The van der Waals surface area contributed by atoms with Gasteiger partial charge >= 0.3 is 0 Å². The van der Waals surface area contributed by atoms with Gasteiger partial charge in [0.2, 0.25) is 0 Å². The Morgan fingerprint density at radius 3 is 2.59 bits per heavy atom. The molecule has 34 heavy (non-hydrogen) atoms. The zero-order valence-electron chi connectivity index (χ0n) is 20.2. The molecule has 0 N–H and O–H groups in total. The SMILES string of the molecule is CCC(c1ccc(C)cc1)N1C[C@H](C)N(c2nc3nncn3c3ccc(C#N)nc23)C[C@H]1CC. The number of piperazine rings is 1. The van der Waals surface area contributed by atoms with Crippen molar-refractivity contribution >= 4 is 22.6 Å². The van der Waals surface area contributed by atoms with Crippen LogP contribution in [0.15, 0.2) is 42.7 Å². The third-order valence-corrected chi connectivity index (χ3v) is 7.07. The molecule has 4 heterocycles. The summed E-state index contributed by atoms with van der Waals surface area (Å²) in [5.41, 5.74) is 4.62. The predicted molar refractivity (Wildman–Crippen MR) is 133 cm³/mol. The van der Waals surface area contributed by atoms with E-state index in [1.807, 2.05) is 10.5 Å². The number of hydrogen-bond acceptors (Lipinski definition) is 7. The van der Waals surface area contributed by atoms with Gasteiger partial charge in [0.15, 0.2) is 5.82 Å². The van der Waals surface area contributed by atoms with E-state index in [0.717, 1.165) is 37.3 Å². The molecule has 1 aliphatic rings. The molecule has 0 aliphatic carbocycles. The van der Waals surface area contributed by atoms with Crippen LogP contribution in [0.4, 0.5) is 5.82 Å². The van der Waals surface area contributed by atoms with E-state index in [9.17, 15) is 5.26 Å². The molecule has 1 aliphatic heterocycles. The van der Waals surface area contributed by atoms with E-state index in [0.29, 0.717) is 29.1 Å². The molecule has 174 valence electrons. The summed E-state index contributed by atoms with van der Waals surface area (Å²) >= 11 is 0. The van der Waals surface area contributed by atoms with Gasteiger partial charge in [-0.15, -0.1) is 10.2 Å². The Bertz CT molecular complexity index is 1350. The van der Waals surface area contributed by atoms with Gasteiger partial charge in [-0.1, -0.05) is 43.7 Å². The topological polar surface area (TPSA) is 86.2 Å². The van der Waals surface area contributed by atoms with Crippen LogP contribution in [0.1, 0.15) is 56.5 Å². The molecule has 8 heteroatoms. The summed E-state index contributed by atoms with van der Waals surface area (Å²) in [5, 5.41) is 17.7. The van der Waals surface area contributed by atoms with Crippen LogP contribution >= 0.6 is 0 Å². The normalized spacial score (nSPS) is 20.0. The van der Waals surface area contributed by atoms with Crippen molar-refractivity contribution in [1.82, 2.24) is 29.5 Å². The molecule has 1 unspecified atom stereocenters. The smallest absolute Gasteiger partial charge is 0.257 e. The summed E-state index contributed by atoms with van der Waals surface area (Å²) < 4.78 is 1.83. The third-order valence-electron chi connectivity index (χ3n) is 7.07. The lowest BCUT2D eigenvalue weighted by Gasteiger charge is -2.49. The third kappa shape index (κ3) is 3.76. The highest BCUT2D eigenvalue weighted by molar-refractivity contribution is 5.88. The first kappa shape index (κ1) is 22.2. The van der Waals surface area contributed by atoms with E-state index in [1.54, 1.807) is 12.4 Å². The molecule has 0 spiro atoms. The second kappa shape index (κ2) is 8.99. The zero-order chi connectivity index (χ0) is 23.8. The Balaban J connectivity index is 1.55. The molecular weight excluding hydrogens is 424 g/mol. The number of benzene rings is 1. The molecule has 0 amide bonds.